The molecule has 1 aromatic carbocycles. The second kappa shape index (κ2) is 5.21. The normalized spacial score (nSPS) is 11.1. The summed E-state index contributed by atoms with van der Waals surface area (Å²) in [4.78, 5) is 28.2. The second-order valence-corrected chi connectivity index (χ2v) is 6.00. The Bertz CT molecular complexity index is 859. The fourth-order valence-corrected chi connectivity index (χ4v) is 3.03. The molecule has 0 fully saturated rings. The van der Waals surface area contributed by atoms with Gasteiger partial charge in [0.2, 0.25) is 5.91 Å². The first kappa shape index (κ1) is 13.6. The van der Waals surface area contributed by atoms with Crippen LogP contribution in [0, 0.1) is 6.92 Å². The molecule has 5 nitrogen and oxygen atoms in total. The number of nitrogens with zero attached hydrogens (tertiary/aromatic N) is 1. The number of hydrogen-bond donors (Lipinski definition) is 2. The maximum absolute atomic E-state index is 12.3. The van der Waals surface area contributed by atoms with Crippen LogP contribution in [-0.4, -0.2) is 15.5 Å². The summed E-state index contributed by atoms with van der Waals surface area (Å²) < 4.78 is 1.20. The van der Waals surface area contributed by atoms with Gasteiger partial charge in [-0.3, -0.25) is 4.79 Å². The highest BCUT2D eigenvalue weighted by Gasteiger charge is 2.15. The number of anilines is 1. The molecule has 0 amide bonds. The number of H-pyrrole nitrogens is 1. The SMILES string of the molecule is Cc1cc2c(cc1N)[nH]c(=O)n2C(=O)CCc1cccs1. The number of thiophene rings is 1. The van der Waals surface area contributed by atoms with Crippen molar-refractivity contribution in [1.29, 1.82) is 0 Å². The number of aromatic nitrogens is 2. The minimum atomic E-state index is -0.411. The van der Waals surface area contributed by atoms with E-state index in [1.54, 1.807) is 23.5 Å². The number of carbonyl (C=O) groups is 1. The van der Waals surface area contributed by atoms with E-state index in [1.165, 1.54) is 4.57 Å². The van der Waals surface area contributed by atoms with Gasteiger partial charge in [-0.15, -0.1) is 11.3 Å². The molecule has 0 unspecified atom stereocenters. The fraction of sp³-hybridized carbons (Fsp3) is 0.200. The molecule has 108 valence electrons. The van der Waals surface area contributed by atoms with Crippen LogP contribution < -0.4 is 11.4 Å². The zero-order chi connectivity index (χ0) is 15.0. The van der Waals surface area contributed by atoms with Gasteiger partial charge in [-0.2, -0.15) is 0 Å². The molecule has 3 aromatic rings. The molecule has 0 saturated heterocycles. The van der Waals surface area contributed by atoms with Gasteiger partial charge < -0.3 is 10.7 Å². The number of aromatic amines is 1. The standard InChI is InChI=1S/C15H15N3O2S/c1-9-7-13-12(8-11(9)16)17-15(20)18(13)14(19)5-4-10-3-2-6-21-10/h2-3,6-8H,4-5,16H2,1H3,(H,17,20). The van der Waals surface area contributed by atoms with Crippen molar-refractivity contribution < 1.29 is 4.79 Å². The summed E-state index contributed by atoms with van der Waals surface area (Å²) in [7, 11) is 0. The first-order valence-corrected chi connectivity index (χ1v) is 7.50. The third kappa shape index (κ3) is 2.50. The average molecular weight is 301 g/mol. The number of nitrogen functional groups attached to an aromatic ring is 1. The number of fused-ring (bicyclic) bond motifs is 1. The van der Waals surface area contributed by atoms with Crippen molar-refractivity contribution in [2.24, 2.45) is 0 Å². The summed E-state index contributed by atoms with van der Waals surface area (Å²) in [6, 6.07) is 7.40. The minimum absolute atomic E-state index is 0.205. The van der Waals surface area contributed by atoms with Gasteiger partial charge in [0, 0.05) is 17.0 Å². The van der Waals surface area contributed by atoms with Crippen molar-refractivity contribution in [3.05, 3.63) is 50.6 Å². The number of benzene rings is 1. The number of hydrogen-bond acceptors (Lipinski definition) is 4. The van der Waals surface area contributed by atoms with Crippen LogP contribution in [0.4, 0.5) is 5.69 Å². The summed E-state index contributed by atoms with van der Waals surface area (Å²) in [5, 5.41) is 1.98. The predicted molar refractivity (Wildman–Crippen MR) is 85.0 cm³/mol. The number of nitrogens with one attached hydrogen (secondary N) is 1. The summed E-state index contributed by atoms with van der Waals surface area (Å²) in [6.45, 7) is 1.85. The van der Waals surface area contributed by atoms with Gasteiger partial charge in [0.1, 0.15) is 0 Å². The minimum Gasteiger partial charge on any atom is -0.398 e. The first-order valence-electron chi connectivity index (χ1n) is 6.62. The zero-order valence-electron chi connectivity index (χ0n) is 11.6. The highest BCUT2D eigenvalue weighted by Crippen LogP contribution is 2.19. The van der Waals surface area contributed by atoms with Gasteiger partial charge in [0.05, 0.1) is 11.0 Å². The molecule has 0 spiro atoms. The summed E-state index contributed by atoms with van der Waals surface area (Å²) in [6.07, 6.45) is 0.945. The van der Waals surface area contributed by atoms with E-state index in [-0.39, 0.29) is 5.91 Å². The Morgan fingerprint density at radius 3 is 2.95 bits per heavy atom. The van der Waals surface area contributed by atoms with E-state index >= 15 is 0 Å². The maximum atomic E-state index is 12.3. The van der Waals surface area contributed by atoms with Crippen LogP contribution in [0.1, 0.15) is 21.7 Å². The lowest BCUT2D eigenvalue weighted by molar-refractivity contribution is 0.0904. The van der Waals surface area contributed by atoms with Gasteiger partial charge in [0.25, 0.3) is 0 Å². The Morgan fingerprint density at radius 1 is 1.43 bits per heavy atom. The third-order valence-corrected chi connectivity index (χ3v) is 4.42. The predicted octanol–water partition coefficient (Wildman–Crippen LogP) is 2.55. The molecule has 0 radical (unpaired) electrons. The molecule has 21 heavy (non-hydrogen) atoms. The Morgan fingerprint density at radius 2 is 2.24 bits per heavy atom. The number of imidazole rings is 1. The Hall–Kier alpha value is -2.34. The van der Waals surface area contributed by atoms with Crippen LogP contribution in [0.15, 0.2) is 34.4 Å². The van der Waals surface area contributed by atoms with E-state index in [0.717, 1.165) is 10.4 Å². The molecular weight excluding hydrogens is 286 g/mol. The zero-order valence-corrected chi connectivity index (χ0v) is 12.4. The van der Waals surface area contributed by atoms with Crippen LogP contribution >= 0.6 is 11.3 Å². The van der Waals surface area contributed by atoms with E-state index in [4.69, 9.17) is 5.73 Å². The molecule has 0 aliphatic carbocycles. The van der Waals surface area contributed by atoms with Gasteiger partial charge in [-0.25, -0.2) is 9.36 Å². The molecular formula is C15H15N3O2S. The van der Waals surface area contributed by atoms with E-state index in [2.05, 4.69) is 4.98 Å². The van der Waals surface area contributed by atoms with Crippen molar-refractivity contribution in [1.82, 2.24) is 9.55 Å². The Balaban J connectivity index is 1.95. The highest BCUT2D eigenvalue weighted by atomic mass is 32.1. The highest BCUT2D eigenvalue weighted by molar-refractivity contribution is 7.09. The van der Waals surface area contributed by atoms with Crippen molar-refractivity contribution in [3.63, 3.8) is 0 Å². The monoisotopic (exact) mass is 301 g/mol. The molecule has 0 aliphatic rings. The molecule has 0 atom stereocenters. The molecule has 0 saturated carbocycles. The summed E-state index contributed by atoms with van der Waals surface area (Å²) in [5.41, 5.74) is 8.04. The van der Waals surface area contributed by atoms with Gasteiger partial charge >= 0.3 is 5.69 Å². The lowest BCUT2D eigenvalue weighted by atomic mass is 10.2. The molecule has 0 aliphatic heterocycles. The first-order chi connectivity index (χ1) is 10.1. The molecule has 2 heterocycles. The Labute approximate surface area is 125 Å². The van der Waals surface area contributed by atoms with Crippen LogP contribution in [0.5, 0.6) is 0 Å². The van der Waals surface area contributed by atoms with Crippen LogP contribution in [0.3, 0.4) is 0 Å². The summed E-state index contributed by atoms with van der Waals surface area (Å²) >= 11 is 1.61. The smallest absolute Gasteiger partial charge is 0.333 e. The van der Waals surface area contributed by atoms with Crippen LogP contribution in [0.2, 0.25) is 0 Å². The molecule has 6 heteroatoms. The van der Waals surface area contributed by atoms with Crippen molar-refractivity contribution in [2.75, 3.05) is 5.73 Å². The van der Waals surface area contributed by atoms with Gasteiger partial charge in [-0.1, -0.05) is 6.07 Å². The lowest BCUT2D eigenvalue weighted by Crippen LogP contribution is -2.24. The topological polar surface area (TPSA) is 80.9 Å². The molecule has 3 N–H and O–H groups in total. The molecule has 3 rings (SSSR count). The largest absolute Gasteiger partial charge is 0.398 e. The Kier molecular flexibility index (Phi) is 3.39. The van der Waals surface area contributed by atoms with Crippen molar-refractivity contribution >= 4 is 34.0 Å². The molecule has 2 aromatic heterocycles. The average Bonchev–Trinajstić information content (AvgIpc) is 3.04. The number of carbonyl (C=O) groups excluding carboxylic acids is 1. The van der Waals surface area contributed by atoms with Crippen LogP contribution in [0.25, 0.3) is 11.0 Å². The van der Waals surface area contributed by atoms with E-state index < -0.39 is 5.69 Å². The number of rotatable bonds is 3. The van der Waals surface area contributed by atoms with Crippen LogP contribution in [-0.2, 0) is 6.42 Å². The second-order valence-electron chi connectivity index (χ2n) is 4.96. The van der Waals surface area contributed by atoms with E-state index in [1.807, 2.05) is 24.4 Å². The fourth-order valence-electron chi connectivity index (χ4n) is 2.32. The quantitative estimate of drug-likeness (QED) is 0.729. The van der Waals surface area contributed by atoms with Crippen molar-refractivity contribution in [2.45, 2.75) is 19.8 Å². The lowest BCUT2D eigenvalue weighted by Gasteiger charge is -2.04. The van der Waals surface area contributed by atoms with E-state index in [0.29, 0.717) is 29.6 Å². The van der Waals surface area contributed by atoms with Gasteiger partial charge in [-0.05, 0) is 42.5 Å². The molecule has 0 bridgehead atoms. The van der Waals surface area contributed by atoms with Gasteiger partial charge in [0.15, 0.2) is 0 Å². The number of aryl methyl sites for hydroxylation is 2. The maximum Gasteiger partial charge on any atom is 0.333 e. The third-order valence-electron chi connectivity index (χ3n) is 3.48. The summed E-state index contributed by atoms with van der Waals surface area (Å²) in [5.74, 6) is -0.205. The van der Waals surface area contributed by atoms with E-state index in [9.17, 15) is 9.59 Å². The number of nitrogens with two attached hydrogens (primary N) is 1. The van der Waals surface area contributed by atoms with Crippen molar-refractivity contribution in [3.8, 4) is 0 Å².